The maximum Gasteiger partial charge on any atom is 0.303 e. The smallest absolute Gasteiger partial charge is 0.303 e. The number of aryl methyl sites for hydroxylation is 1. The van der Waals surface area contributed by atoms with Crippen LogP contribution in [0.4, 0.5) is 0 Å². The van der Waals surface area contributed by atoms with Gasteiger partial charge in [0.1, 0.15) is 5.15 Å². The number of aromatic nitrogens is 1. The van der Waals surface area contributed by atoms with Crippen molar-refractivity contribution in [3.63, 3.8) is 0 Å². The van der Waals surface area contributed by atoms with Gasteiger partial charge in [-0.3, -0.25) is 9.59 Å². The number of carbonyl (C=O) groups excluding carboxylic acids is 1. The molecular formula is C25H24ClN3O5. The standard InChI is InChI=1S/C25H24ClN3O5/c1-14-4-6-18-16(10-14)11-17(25(26)27-18)20-13-19(28-29(20)23(30)8-9-24(31)32)15-5-7-21(33-2)22(12-15)34-3/h4-7,10-12,20H,8-9,13H2,1-3H3,(H,31,32)/t20-/m0/s1. The molecule has 0 unspecified atom stereocenters. The Labute approximate surface area is 201 Å². The van der Waals surface area contributed by atoms with Crippen molar-refractivity contribution < 1.29 is 24.2 Å². The number of pyridine rings is 1. The first kappa shape index (κ1) is 23.5. The number of benzene rings is 2. The molecule has 0 saturated carbocycles. The molecule has 3 aromatic rings. The molecule has 0 fully saturated rings. The molecule has 34 heavy (non-hydrogen) atoms. The van der Waals surface area contributed by atoms with Gasteiger partial charge in [-0.2, -0.15) is 5.10 Å². The van der Waals surface area contributed by atoms with E-state index in [1.807, 2.05) is 37.3 Å². The summed E-state index contributed by atoms with van der Waals surface area (Å²) in [5, 5.41) is 16.2. The lowest BCUT2D eigenvalue weighted by molar-refractivity contribution is -0.141. The van der Waals surface area contributed by atoms with Crippen LogP contribution >= 0.6 is 11.6 Å². The number of nitrogens with zero attached hydrogens (tertiary/aromatic N) is 3. The average Bonchev–Trinajstić information content (AvgIpc) is 3.27. The Hall–Kier alpha value is -3.65. The van der Waals surface area contributed by atoms with E-state index in [4.69, 9.17) is 26.2 Å². The van der Waals surface area contributed by atoms with E-state index in [0.29, 0.717) is 29.2 Å². The zero-order chi connectivity index (χ0) is 24.4. The van der Waals surface area contributed by atoms with Crippen molar-refractivity contribution in [2.75, 3.05) is 14.2 Å². The fourth-order valence-corrected chi connectivity index (χ4v) is 4.30. The molecule has 0 spiro atoms. The fraction of sp³-hybridized carbons (Fsp3) is 0.280. The number of halogens is 1. The van der Waals surface area contributed by atoms with Crippen molar-refractivity contribution >= 4 is 40.1 Å². The number of aliphatic carboxylic acids is 1. The summed E-state index contributed by atoms with van der Waals surface area (Å²) in [4.78, 5) is 28.6. The summed E-state index contributed by atoms with van der Waals surface area (Å²) >= 11 is 6.57. The van der Waals surface area contributed by atoms with Crippen LogP contribution in [0.2, 0.25) is 5.15 Å². The second kappa shape index (κ2) is 9.69. The third-order valence-corrected chi connectivity index (χ3v) is 6.05. The molecule has 0 radical (unpaired) electrons. The Kier molecular flexibility index (Phi) is 6.70. The highest BCUT2D eigenvalue weighted by Crippen LogP contribution is 2.39. The normalized spacial score (nSPS) is 15.4. The number of hydrogen-bond donors (Lipinski definition) is 1. The predicted octanol–water partition coefficient (Wildman–Crippen LogP) is 4.76. The number of carboxylic acid groups (broad SMARTS) is 1. The minimum absolute atomic E-state index is 0.174. The van der Waals surface area contributed by atoms with Gasteiger partial charge in [-0.1, -0.05) is 23.2 Å². The minimum Gasteiger partial charge on any atom is -0.493 e. The first-order valence-electron chi connectivity index (χ1n) is 10.7. The monoisotopic (exact) mass is 481 g/mol. The third-order valence-electron chi connectivity index (χ3n) is 5.75. The van der Waals surface area contributed by atoms with Crippen molar-refractivity contribution in [3.8, 4) is 11.5 Å². The number of rotatable bonds is 7. The lowest BCUT2D eigenvalue weighted by Gasteiger charge is -2.23. The predicted molar refractivity (Wildman–Crippen MR) is 129 cm³/mol. The number of ether oxygens (including phenoxy) is 2. The van der Waals surface area contributed by atoms with Gasteiger partial charge < -0.3 is 14.6 Å². The van der Waals surface area contributed by atoms with Gasteiger partial charge in [0, 0.05) is 29.4 Å². The topological polar surface area (TPSA) is 101 Å². The van der Waals surface area contributed by atoms with Crippen molar-refractivity contribution in [1.82, 2.24) is 9.99 Å². The van der Waals surface area contributed by atoms with E-state index in [9.17, 15) is 9.59 Å². The number of carboxylic acids is 1. The molecular weight excluding hydrogens is 458 g/mol. The SMILES string of the molecule is COc1ccc(C2=NN(C(=O)CCC(=O)O)[C@H](c3cc4cc(C)ccc4nc3Cl)C2)cc1OC. The quantitative estimate of drug-likeness (QED) is 0.488. The Bertz CT molecular complexity index is 1310. The zero-order valence-electron chi connectivity index (χ0n) is 19.0. The highest BCUT2D eigenvalue weighted by atomic mass is 35.5. The Balaban J connectivity index is 1.76. The van der Waals surface area contributed by atoms with Crippen LogP contribution in [0, 0.1) is 6.92 Å². The molecule has 0 aliphatic carbocycles. The van der Waals surface area contributed by atoms with Gasteiger partial charge in [-0.05, 0) is 43.3 Å². The van der Waals surface area contributed by atoms with Crippen LogP contribution < -0.4 is 9.47 Å². The average molecular weight is 482 g/mol. The molecule has 1 aromatic heterocycles. The maximum atomic E-state index is 13.0. The van der Waals surface area contributed by atoms with E-state index in [1.165, 1.54) is 5.01 Å². The number of amides is 1. The number of hydrazone groups is 1. The lowest BCUT2D eigenvalue weighted by atomic mass is 9.97. The summed E-state index contributed by atoms with van der Waals surface area (Å²) < 4.78 is 10.7. The van der Waals surface area contributed by atoms with E-state index in [0.717, 1.165) is 22.0 Å². The summed E-state index contributed by atoms with van der Waals surface area (Å²) in [6, 6.07) is 12.7. The first-order chi connectivity index (χ1) is 16.3. The molecule has 2 aromatic carbocycles. The highest BCUT2D eigenvalue weighted by Gasteiger charge is 2.35. The largest absolute Gasteiger partial charge is 0.493 e. The van der Waals surface area contributed by atoms with E-state index < -0.39 is 17.9 Å². The van der Waals surface area contributed by atoms with Crippen molar-refractivity contribution in [2.45, 2.75) is 32.2 Å². The number of methoxy groups -OCH3 is 2. The maximum absolute atomic E-state index is 13.0. The molecule has 1 amide bonds. The fourth-order valence-electron chi connectivity index (χ4n) is 4.02. The van der Waals surface area contributed by atoms with Gasteiger partial charge >= 0.3 is 5.97 Å². The lowest BCUT2D eigenvalue weighted by Crippen LogP contribution is -2.27. The van der Waals surface area contributed by atoms with Gasteiger partial charge in [0.15, 0.2) is 11.5 Å². The van der Waals surface area contributed by atoms with E-state index in [-0.39, 0.29) is 18.0 Å². The molecule has 9 heteroatoms. The third kappa shape index (κ3) is 4.68. The second-order valence-electron chi connectivity index (χ2n) is 8.03. The minimum atomic E-state index is -1.05. The Morgan fingerprint density at radius 2 is 1.85 bits per heavy atom. The zero-order valence-corrected chi connectivity index (χ0v) is 19.8. The van der Waals surface area contributed by atoms with Gasteiger partial charge in [-0.25, -0.2) is 9.99 Å². The summed E-state index contributed by atoms with van der Waals surface area (Å²) in [5.41, 5.74) is 3.89. The number of hydrogen-bond acceptors (Lipinski definition) is 6. The van der Waals surface area contributed by atoms with Crippen LogP contribution in [0.1, 0.15) is 42.0 Å². The van der Waals surface area contributed by atoms with Crippen molar-refractivity contribution in [3.05, 3.63) is 64.3 Å². The van der Waals surface area contributed by atoms with Gasteiger partial charge in [-0.15, -0.1) is 0 Å². The molecule has 0 saturated heterocycles. The van der Waals surface area contributed by atoms with Crippen LogP contribution in [0.3, 0.4) is 0 Å². The molecule has 1 N–H and O–H groups in total. The van der Waals surface area contributed by atoms with Crippen LogP contribution in [0.15, 0.2) is 47.6 Å². The van der Waals surface area contributed by atoms with Crippen LogP contribution in [-0.4, -0.2) is 46.9 Å². The summed E-state index contributed by atoms with van der Waals surface area (Å²) in [6.07, 6.45) is -0.0779. The molecule has 2 heterocycles. The Morgan fingerprint density at radius 3 is 2.56 bits per heavy atom. The summed E-state index contributed by atoms with van der Waals surface area (Å²) in [7, 11) is 3.10. The first-order valence-corrected chi connectivity index (χ1v) is 11.1. The van der Waals surface area contributed by atoms with Crippen molar-refractivity contribution in [2.24, 2.45) is 5.10 Å². The van der Waals surface area contributed by atoms with Crippen LogP contribution in [-0.2, 0) is 9.59 Å². The molecule has 8 nitrogen and oxygen atoms in total. The molecule has 0 bridgehead atoms. The number of carbonyl (C=O) groups is 2. The van der Waals surface area contributed by atoms with E-state index in [1.54, 1.807) is 26.4 Å². The number of fused-ring (bicyclic) bond motifs is 1. The molecule has 176 valence electrons. The molecule has 1 atom stereocenters. The molecule has 1 aliphatic heterocycles. The van der Waals surface area contributed by atoms with E-state index in [2.05, 4.69) is 10.1 Å². The van der Waals surface area contributed by atoms with Gasteiger partial charge in [0.2, 0.25) is 5.91 Å². The van der Waals surface area contributed by atoms with Crippen molar-refractivity contribution in [1.29, 1.82) is 0 Å². The summed E-state index contributed by atoms with van der Waals surface area (Å²) in [5.74, 6) is -0.332. The van der Waals surface area contributed by atoms with Gasteiger partial charge in [0.05, 0.1) is 37.9 Å². The highest BCUT2D eigenvalue weighted by molar-refractivity contribution is 6.30. The molecule has 1 aliphatic rings. The van der Waals surface area contributed by atoms with Crippen LogP contribution in [0.5, 0.6) is 11.5 Å². The van der Waals surface area contributed by atoms with E-state index >= 15 is 0 Å². The van der Waals surface area contributed by atoms with Gasteiger partial charge in [0.25, 0.3) is 0 Å². The molecule has 4 rings (SSSR count). The second-order valence-corrected chi connectivity index (χ2v) is 8.39. The van der Waals surface area contributed by atoms with Crippen LogP contribution in [0.25, 0.3) is 10.9 Å². The summed E-state index contributed by atoms with van der Waals surface area (Å²) in [6.45, 7) is 1.99. The Morgan fingerprint density at radius 1 is 1.09 bits per heavy atom.